The summed E-state index contributed by atoms with van der Waals surface area (Å²) in [7, 11) is -3.48. The maximum atomic E-state index is 12.3. The Kier molecular flexibility index (Phi) is 4.26. The molecule has 0 N–H and O–H groups in total. The average Bonchev–Trinajstić information content (AvgIpc) is 2.54. The second kappa shape index (κ2) is 6.34. The van der Waals surface area contributed by atoms with Crippen molar-refractivity contribution in [3.8, 4) is 0 Å². The zero-order chi connectivity index (χ0) is 16.3. The molecule has 0 bridgehead atoms. The first-order valence-electron chi connectivity index (χ1n) is 7.30. The van der Waals surface area contributed by atoms with Crippen molar-refractivity contribution in [2.75, 3.05) is 5.75 Å². The number of benzene rings is 3. The second-order valence-corrected chi connectivity index (χ2v) is 7.57. The number of ketones is 1. The highest BCUT2D eigenvalue weighted by molar-refractivity contribution is 7.91. The summed E-state index contributed by atoms with van der Waals surface area (Å²) >= 11 is 0. The summed E-state index contributed by atoms with van der Waals surface area (Å²) in [5, 5.41) is 1.95. The summed E-state index contributed by atoms with van der Waals surface area (Å²) in [6, 6.07) is 21.8. The average molecular weight is 324 g/mol. The summed E-state index contributed by atoms with van der Waals surface area (Å²) in [6.45, 7) is 0. The van der Waals surface area contributed by atoms with Gasteiger partial charge in [-0.2, -0.15) is 0 Å². The van der Waals surface area contributed by atoms with Crippen LogP contribution in [0.2, 0.25) is 0 Å². The van der Waals surface area contributed by atoms with Crippen molar-refractivity contribution in [3.05, 3.63) is 83.9 Å². The van der Waals surface area contributed by atoms with Gasteiger partial charge in [0.15, 0.2) is 15.6 Å². The van der Waals surface area contributed by atoms with Crippen LogP contribution < -0.4 is 0 Å². The van der Waals surface area contributed by atoms with Crippen LogP contribution in [0, 0.1) is 0 Å². The lowest BCUT2D eigenvalue weighted by atomic mass is 10.1. The van der Waals surface area contributed by atoms with Crippen molar-refractivity contribution < 1.29 is 13.2 Å². The fraction of sp³-hybridized carbons (Fsp3) is 0.105. The Bertz CT molecular complexity index is 945. The maximum Gasteiger partial charge on any atom is 0.177 e. The molecule has 0 saturated heterocycles. The van der Waals surface area contributed by atoms with E-state index in [1.807, 2.05) is 36.4 Å². The summed E-state index contributed by atoms with van der Waals surface area (Å²) in [6.07, 6.45) is 0. The number of carbonyl (C=O) groups is 1. The Morgan fingerprint density at radius 1 is 0.783 bits per heavy atom. The van der Waals surface area contributed by atoms with Gasteiger partial charge in [0.05, 0.1) is 5.75 Å². The van der Waals surface area contributed by atoms with Gasteiger partial charge in [0.25, 0.3) is 0 Å². The smallest absolute Gasteiger partial charge is 0.177 e. The first-order valence-corrected chi connectivity index (χ1v) is 9.12. The molecule has 4 heteroatoms. The van der Waals surface area contributed by atoms with E-state index in [1.54, 1.807) is 36.4 Å². The Labute approximate surface area is 135 Å². The summed E-state index contributed by atoms with van der Waals surface area (Å²) in [5.41, 5.74) is 1.12. The Morgan fingerprint density at radius 2 is 1.43 bits per heavy atom. The van der Waals surface area contributed by atoms with Gasteiger partial charge in [0, 0.05) is 5.56 Å². The van der Waals surface area contributed by atoms with Crippen LogP contribution in [-0.2, 0) is 15.6 Å². The Hall–Kier alpha value is -2.46. The standard InChI is InChI=1S/C19H16O3S/c20-19(14-23(21,22)13-15-6-2-1-3-7-15)18-11-10-16-8-4-5-9-17(16)12-18/h1-12H,13-14H2. The van der Waals surface area contributed by atoms with E-state index in [0.717, 1.165) is 10.8 Å². The van der Waals surface area contributed by atoms with E-state index in [2.05, 4.69) is 0 Å². The molecule has 0 fully saturated rings. The van der Waals surface area contributed by atoms with Gasteiger partial charge in [0.1, 0.15) is 5.75 Å². The van der Waals surface area contributed by atoms with Crippen molar-refractivity contribution in [2.24, 2.45) is 0 Å². The van der Waals surface area contributed by atoms with E-state index in [0.29, 0.717) is 11.1 Å². The molecule has 0 aliphatic rings. The minimum Gasteiger partial charge on any atom is -0.293 e. The largest absolute Gasteiger partial charge is 0.293 e. The van der Waals surface area contributed by atoms with Crippen molar-refractivity contribution in [1.82, 2.24) is 0 Å². The Balaban J connectivity index is 1.79. The Morgan fingerprint density at radius 3 is 2.17 bits per heavy atom. The molecular weight excluding hydrogens is 308 g/mol. The van der Waals surface area contributed by atoms with E-state index < -0.39 is 15.6 Å². The molecular formula is C19H16O3S. The van der Waals surface area contributed by atoms with Gasteiger partial charge >= 0.3 is 0 Å². The summed E-state index contributed by atoms with van der Waals surface area (Å²) in [5.74, 6) is -0.959. The van der Waals surface area contributed by atoms with E-state index in [4.69, 9.17) is 0 Å². The molecule has 0 unspecified atom stereocenters. The fourth-order valence-electron chi connectivity index (χ4n) is 2.53. The highest BCUT2D eigenvalue weighted by Gasteiger charge is 2.18. The molecule has 0 radical (unpaired) electrons. The van der Waals surface area contributed by atoms with Crippen molar-refractivity contribution >= 4 is 26.4 Å². The molecule has 23 heavy (non-hydrogen) atoms. The van der Waals surface area contributed by atoms with Gasteiger partial charge in [-0.05, 0) is 22.4 Å². The number of fused-ring (bicyclic) bond motifs is 1. The monoisotopic (exact) mass is 324 g/mol. The van der Waals surface area contributed by atoms with E-state index in [9.17, 15) is 13.2 Å². The lowest BCUT2D eigenvalue weighted by molar-refractivity contribution is 0.102. The molecule has 0 aromatic heterocycles. The third-order valence-corrected chi connectivity index (χ3v) is 5.13. The van der Waals surface area contributed by atoms with Crippen molar-refractivity contribution in [1.29, 1.82) is 0 Å². The second-order valence-electron chi connectivity index (χ2n) is 5.50. The van der Waals surface area contributed by atoms with Crippen LogP contribution in [0.25, 0.3) is 10.8 Å². The van der Waals surface area contributed by atoms with E-state index >= 15 is 0 Å². The van der Waals surface area contributed by atoms with E-state index in [-0.39, 0.29) is 11.5 Å². The third-order valence-electron chi connectivity index (χ3n) is 3.65. The number of carbonyl (C=O) groups excluding carboxylic acids is 1. The molecule has 3 rings (SSSR count). The number of Topliss-reactive ketones (excluding diaryl/α,β-unsaturated/α-hetero) is 1. The quantitative estimate of drug-likeness (QED) is 0.673. The van der Waals surface area contributed by atoms with Crippen LogP contribution in [0.5, 0.6) is 0 Å². The molecule has 0 amide bonds. The molecule has 0 atom stereocenters. The first kappa shape index (κ1) is 15.4. The van der Waals surface area contributed by atoms with Crippen LogP contribution >= 0.6 is 0 Å². The van der Waals surface area contributed by atoms with Crippen LogP contribution in [0.1, 0.15) is 15.9 Å². The van der Waals surface area contributed by atoms with Gasteiger partial charge in [-0.1, -0.05) is 66.7 Å². The van der Waals surface area contributed by atoms with Crippen molar-refractivity contribution in [3.63, 3.8) is 0 Å². The maximum absolute atomic E-state index is 12.3. The van der Waals surface area contributed by atoms with Gasteiger partial charge in [-0.3, -0.25) is 4.79 Å². The number of sulfone groups is 1. The fourth-order valence-corrected chi connectivity index (χ4v) is 3.89. The molecule has 3 nitrogen and oxygen atoms in total. The zero-order valence-corrected chi connectivity index (χ0v) is 13.3. The zero-order valence-electron chi connectivity index (χ0n) is 12.5. The predicted octanol–water partition coefficient (Wildman–Crippen LogP) is 3.64. The third kappa shape index (κ3) is 3.85. The molecule has 0 spiro atoms. The molecule has 0 aliphatic heterocycles. The summed E-state index contributed by atoms with van der Waals surface area (Å²) in [4.78, 5) is 12.3. The minimum absolute atomic E-state index is 0.118. The highest BCUT2D eigenvalue weighted by atomic mass is 32.2. The van der Waals surface area contributed by atoms with Crippen LogP contribution in [0.3, 0.4) is 0 Å². The molecule has 0 aliphatic carbocycles. The number of rotatable bonds is 5. The van der Waals surface area contributed by atoms with Gasteiger partial charge in [-0.25, -0.2) is 8.42 Å². The first-order chi connectivity index (χ1) is 11.0. The molecule has 0 heterocycles. The predicted molar refractivity (Wildman–Crippen MR) is 92.2 cm³/mol. The van der Waals surface area contributed by atoms with Gasteiger partial charge in [-0.15, -0.1) is 0 Å². The highest BCUT2D eigenvalue weighted by Crippen LogP contribution is 2.17. The topological polar surface area (TPSA) is 51.2 Å². The number of hydrogen-bond acceptors (Lipinski definition) is 3. The number of hydrogen-bond donors (Lipinski definition) is 0. The van der Waals surface area contributed by atoms with Crippen LogP contribution in [0.4, 0.5) is 0 Å². The van der Waals surface area contributed by atoms with Crippen LogP contribution in [0.15, 0.2) is 72.8 Å². The van der Waals surface area contributed by atoms with Crippen LogP contribution in [-0.4, -0.2) is 20.0 Å². The molecule has 3 aromatic rings. The lowest BCUT2D eigenvalue weighted by Crippen LogP contribution is -2.18. The van der Waals surface area contributed by atoms with E-state index in [1.165, 1.54) is 0 Å². The molecule has 116 valence electrons. The molecule has 3 aromatic carbocycles. The lowest BCUT2D eigenvalue weighted by Gasteiger charge is -2.05. The molecule has 0 saturated carbocycles. The van der Waals surface area contributed by atoms with Gasteiger partial charge in [0.2, 0.25) is 0 Å². The SMILES string of the molecule is O=C(CS(=O)(=O)Cc1ccccc1)c1ccc2ccccc2c1. The summed E-state index contributed by atoms with van der Waals surface area (Å²) < 4.78 is 24.5. The van der Waals surface area contributed by atoms with Crippen molar-refractivity contribution in [2.45, 2.75) is 5.75 Å². The van der Waals surface area contributed by atoms with Gasteiger partial charge < -0.3 is 0 Å². The normalized spacial score (nSPS) is 11.5. The minimum atomic E-state index is -3.48.